The number of carbonyl (C=O) groups is 3. The van der Waals surface area contributed by atoms with Crippen LogP contribution in [-0.4, -0.2) is 30.8 Å². The van der Waals surface area contributed by atoms with Crippen LogP contribution in [0.25, 0.3) is 0 Å². The zero-order valence-electron chi connectivity index (χ0n) is 16.7. The highest BCUT2D eigenvalue weighted by Gasteiger charge is 2.17. The first kappa shape index (κ1) is 22.2. The van der Waals surface area contributed by atoms with E-state index in [9.17, 15) is 18.8 Å². The van der Waals surface area contributed by atoms with Crippen LogP contribution in [0.2, 0.25) is 0 Å². The van der Waals surface area contributed by atoms with Crippen LogP contribution in [-0.2, 0) is 22.6 Å². The van der Waals surface area contributed by atoms with Gasteiger partial charge in [0.15, 0.2) is 6.61 Å². The molecule has 0 aliphatic heterocycles. The average molecular weight is 445 g/mol. The normalized spacial score (nSPS) is 10.5. The van der Waals surface area contributed by atoms with E-state index in [0.29, 0.717) is 29.4 Å². The molecule has 2 heterocycles. The van der Waals surface area contributed by atoms with Crippen LogP contribution < -0.4 is 10.1 Å². The minimum absolute atomic E-state index is 0.0484. The lowest BCUT2D eigenvalue weighted by molar-refractivity contribution is -0.118. The van der Waals surface area contributed by atoms with E-state index < -0.39 is 12.6 Å². The number of ether oxygens (including phenoxy) is 2. The molecule has 0 radical (unpaired) electrons. The molecule has 31 heavy (non-hydrogen) atoms. The fraction of sp³-hybridized carbons (Fsp3) is 0.227. The second-order valence-electron chi connectivity index (χ2n) is 6.51. The van der Waals surface area contributed by atoms with E-state index in [-0.39, 0.29) is 29.9 Å². The monoisotopic (exact) mass is 445 g/mol. The number of Topliss-reactive ketones (excluding diaryl/α,β-unsaturated/α-hetero) is 1. The quantitative estimate of drug-likeness (QED) is 0.377. The largest absolute Gasteiger partial charge is 0.486 e. The molecule has 0 saturated heterocycles. The van der Waals surface area contributed by atoms with Gasteiger partial charge in [-0.15, -0.1) is 11.3 Å². The number of benzene rings is 1. The second-order valence-corrected chi connectivity index (χ2v) is 7.68. The van der Waals surface area contributed by atoms with Gasteiger partial charge in [-0.05, 0) is 55.0 Å². The Kier molecular flexibility index (Phi) is 7.55. The van der Waals surface area contributed by atoms with Crippen LogP contribution >= 0.6 is 11.3 Å². The molecular weight excluding hydrogens is 425 g/mol. The topological polar surface area (TPSA) is 94.8 Å². The van der Waals surface area contributed by atoms with E-state index in [2.05, 4.69) is 5.32 Å². The molecule has 0 fully saturated rings. The van der Waals surface area contributed by atoms with Gasteiger partial charge in [-0.3, -0.25) is 9.59 Å². The molecule has 1 aromatic carbocycles. The van der Waals surface area contributed by atoms with Crippen molar-refractivity contribution in [2.75, 3.05) is 13.2 Å². The highest BCUT2D eigenvalue weighted by Crippen LogP contribution is 2.19. The third-order valence-corrected chi connectivity index (χ3v) is 5.26. The van der Waals surface area contributed by atoms with E-state index in [1.807, 2.05) is 6.07 Å². The zero-order valence-corrected chi connectivity index (χ0v) is 17.5. The number of hydrogen-bond donors (Lipinski definition) is 1. The summed E-state index contributed by atoms with van der Waals surface area (Å²) in [4.78, 5) is 36.7. The van der Waals surface area contributed by atoms with Gasteiger partial charge in [0.25, 0.3) is 0 Å². The Morgan fingerprint density at radius 1 is 1.06 bits per heavy atom. The van der Waals surface area contributed by atoms with Gasteiger partial charge in [0.2, 0.25) is 17.5 Å². The molecule has 0 aliphatic rings. The van der Waals surface area contributed by atoms with Crippen molar-refractivity contribution in [2.24, 2.45) is 0 Å². The summed E-state index contributed by atoms with van der Waals surface area (Å²) < 4.78 is 28.8. The summed E-state index contributed by atoms with van der Waals surface area (Å²) in [5.74, 6) is -0.770. The van der Waals surface area contributed by atoms with Crippen molar-refractivity contribution in [3.8, 4) is 5.75 Å². The highest BCUT2D eigenvalue weighted by molar-refractivity contribution is 7.14. The molecule has 0 unspecified atom stereocenters. The summed E-state index contributed by atoms with van der Waals surface area (Å²) in [6.45, 7) is 1.57. The predicted octanol–water partition coefficient (Wildman–Crippen LogP) is 3.78. The Morgan fingerprint density at radius 3 is 2.58 bits per heavy atom. The number of halogens is 1. The molecule has 0 atom stereocenters. The molecule has 9 heteroatoms. The molecule has 2 aromatic heterocycles. The van der Waals surface area contributed by atoms with Crippen molar-refractivity contribution < 1.29 is 32.7 Å². The van der Waals surface area contributed by atoms with E-state index >= 15 is 0 Å². The van der Waals surface area contributed by atoms with Gasteiger partial charge in [-0.25, -0.2) is 9.18 Å². The Labute approximate surface area is 181 Å². The summed E-state index contributed by atoms with van der Waals surface area (Å²) in [7, 11) is 0. The second kappa shape index (κ2) is 10.5. The van der Waals surface area contributed by atoms with Gasteiger partial charge >= 0.3 is 5.97 Å². The van der Waals surface area contributed by atoms with Crippen molar-refractivity contribution in [2.45, 2.75) is 20.0 Å². The van der Waals surface area contributed by atoms with Gasteiger partial charge in [-0.1, -0.05) is 0 Å². The number of furan rings is 1. The third-order valence-electron chi connectivity index (χ3n) is 4.07. The lowest BCUT2D eigenvalue weighted by Gasteiger charge is -2.04. The van der Waals surface area contributed by atoms with Crippen molar-refractivity contribution in [3.63, 3.8) is 0 Å². The Balaban J connectivity index is 1.45. The van der Waals surface area contributed by atoms with Crippen LogP contribution in [0.3, 0.4) is 0 Å². The maximum atomic E-state index is 12.9. The van der Waals surface area contributed by atoms with Crippen LogP contribution in [0, 0.1) is 5.82 Å². The first-order valence-electron chi connectivity index (χ1n) is 9.41. The Bertz CT molecular complexity index is 1060. The highest BCUT2D eigenvalue weighted by atomic mass is 32.1. The van der Waals surface area contributed by atoms with Gasteiger partial charge in [0.05, 0.1) is 4.88 Å². The van der Waals surface area contributed by atoms with Crippen molar-refractivity contribution in [3.05, 3.63) is 75.6 Å². The number of rotatable bonds is 10. The van der Waals surface area contributed by atoms with E-state index in [0.717, 1.165) is 4.88 Å². The van der Waals surface area contributed by atoms with Crippen LogP contribution in [0.1, 0.15) is 37.8 Å². The standard InChI is InChI=1S/C22H20FNO6S/c1-14(25)24-11-10-18-7-9-21(31-18)19(26)13-29-22(27)20-8-6-17(30-20)12-28-16-4-2-15(23)3-5-16/h2-9H,10-13H2,1H3,(H,24,25). The predicted molar refractivity (Wildman–Crippen MR) is 111 cm³/mol. The van der Waals surface area contributed by atoms with Gasteiger partial charge < -0.3 is 19.2 Å². The molecule has 0 aliphatic carbocycles. The van der Waals surface area contributed by atoms with Crippen LogP contribution in [0.5, 0.6) is 5.75 Å². The smallest absolute Gasteiger partial charge is 0.374 e. The summed E-state index contributed by atoms with van der Waals surface area (Å²) in [5, 5.41) is 2.69. The van der Waals surface area contributed by atoms with Crippen molar-refractivity contribution >= 4 is 29.0 Å². The summed E-state index contributed by atoms with van der Waals surface area (Å²) in [5.41, 5.74) is 0. The minimum atomic E-state index is -0.760. The number of nitrogens with one attached hydrogen (secondary N) is 1. The maximum absolute atomic E-state index is 12.9. The van der Waals surface area contributed by atoms with E-state index in [4.69, 9.17) is 13.9 Å². The molecule has 0 bridgehead atoms. The fourth-order valence-corrected chi connectivity index (χ4v) is 3.48. The lowest BCUT2D eigenvalue weighted by Crippen LogP contribution is -2.22. The van der Waals surface area contributed by atoms with E-state index in [1.165, 1.54) is 48.6 Å². The Morgan fingerprint density at radius 2 is 1.84 bits per heavy atom. The van der Waals surface area contributed by atoms with Crippen LogP contribution in [0.15, 0.2) is 52.9 Å². The summed E-state index contributed by atoms with van der Waals surface area (Å²) >= 11 is 1.29. The molecule has 162 valence electrons. The summed E-state index contributed by atoms with van der Waals surface area (Å²) in [6, 6.07) is 12.0. The molecule has 7 nitrogen and oxygen atoms in total. The van der Waals surface area contributed by atoms with Gasteiger partial charge in [-0.2, -0.15) is 0 Å². The van der Waals surface area contributed by atoms with Crippen molar-refractivity contribution in [1.29, 1.82) is 0 Å². The fourth-order valence-electron chi connectivity index (χ4n) is 2.55. The molecule has 3 rings (SSSR count). The minimum Gasteiger partial charge on any atom is -0.486 e. The summed E-state index contributed by atoms with van der Waals surface area (Å²) in [6.07, 6.45) is 0.618. The molecule has 0 saturated carbocycles. The molecular formula is C22H20FNO6S. The number of thiophene rings is 1. The SMILES string of the molecule is CC(=O)NCCc1ccc(C(=O)COC(=O)c2ccc(COc3ccc(F)cc3)o2)s1. The number of amides is 1. The van der Waals surface area contributed by atoms with Crippen LogP contribution in [0.4, 0.5) is 4.39 Å². The molecule has 3 aromatic rings. The first-order chi connectivity index (χ1) is 14.9. The number of ketones is 1. The van der Waals surface area contributed by atoms with E-state index in [1.54, 1.807) is 12.1 Å². The molecule has 0 spiro atoms. The number of hydrogen-bond acceptors (Lipinski definition) is 7. The molecule has 1 amide bonds. The third kappa shape index (κ3) is 6.78. The first-order valence-corrected chi connectivity index (χ1v) is 10.2. The Hall–Kier alpha value is -3.46. The zero-order chi connectivity index (χ0) is 22.2. The number of carbonyl (C=O) groups excluding carboxylic acids is 3. The van der Waals surface area contributed by atoms with Crippen molar-refractivity contribution in [1.82, 2.24) is 5.32 Å². The maximum Gasteiger partial charge on any atom is 0.374 e. The van der Waals surface area contributed by atoms with Gasteiger partial charge in [0, 0.05) is 18.3 Å². The number of esters is 1. The lowest BCUT2D eigenvalue weighted by atomic mass is 10.3. The molecule has 1 N–H and O–H groups in total. The van der Waals surface area contributed by atoms with Gasteiger partial charge in [0.1, 0.15) is 23.9 Å². The average Bonchev–Trinajstić information content (AvgIpc) is 3.41.